The summed E-state index contributed by atoms with van der Waals surface area (Å²) in [6, 6.07) is 10.7. The molecule has 0 radical (unpaired) electrons. The van der Waals surface area contributed by atoms with Gasteiger partial charge in [0.15, 0.2) is 0 Å². The number of hydrogen-bond donors (Lipinski definition) is 2. The van der Waals surface area contributed by atoms with Crippen molar-refractivity contribution < 1.29 is 23.9 Å². The zero-order valence-electron chi connectivity index (χ0n) is 20.3. The van der Waals surface area contributed by atoms with E-state index >= 15 is 0 Å². The Bertz CT molecular complexity index is 1150. The number of piperidine rings is 1. The van der Waals surface area contributed by atoms with E-state index in [2.05, 4.69) is 20.5 Å². The summed E-state index contributed by atoms with van der Waals surface area (Å²) in [5.74, 6) is -0.901. The van der Waals surface area contributed by atoms with E-state index in [1.165, 1.54) is 26.2 Å². The number of carbonyl (C=O) groups excluding carboxylic acids is 3. The third-order valence-electron chi connectivity index (χ3n) is 5.71. The van der Waals surface area contributed by atoms with Gasteiger partial charge >= 0.3 is 5.97 Å². The maximum atomic E-state index is 12.6. The lowest BCUT2D eigenvalue weighted by molar-refractivity contribution is -0.137. The predicted octanol–water partition coefficient (Wildman–Crippen LogP) is 2.01. The van der Waals surface area contributed by atoms with Crippen molar-refractivity contribution >= 4 is 29.5 Å². The fraction of sp³-hybridized carbons (Fsp3) is 0.346. The molecule has 0 saturated carbocycles. The maximum absolute atomic E-state index is 12.6. The quantitative estimate of drug-likeness (QED) is 0.309. The SMILES string of the molecule is COC(=O)/C(=C/c1ccc(C#N)cc1OCCNC(=O)C1CCN(c2ccncc2)CC1)NC(C)=O. The molecule has 10 heteroatoms. The molecule has 0 atom stereocenters. The van der Waals surface area contributed by atoms with E-state index in [0.29, 0.717) is 16.9 Å². The number of hydrogen-bond acceptors (Lipinski definition) is 8. The first-order chi connectivity index (χ1) is 17.4. The van der Waals surface area contributed by atoms with E-state index in [4.69, 9.17) is 9.47 Å². The first-order valence-electron chi connectivity index (χ1n) is 11.6. The third kappa shape index (κ3) is 7.30. The molecule has 0 aliphatic carbocycles. The van der Waals surface area contributed by atoms with Crippen molar-refractivity contribution in [1.82, 2.24) is 15.6 Å². The molecule has 1 aliphatic heterocycles. The zero-order chi connectivity index (χ0) is 25.9. The summed E-state index contributed by atoms with van der Waals surface area (Å²) in [5, 5.41) is 14.6. The van der Waals surface area contributed by atoms with Crippen molar-refractivity contribution in [3.63, 3.8) is 0 Å². The van der Waals surface area contributed by atoms with Gasteiger partial charge in [-0.1, -0.05) is 0 Å². The minimum atomic E-state index is -0.720. The minimum Gasteiger partial charge on any atom is -0.491 e. The van der Waals surface area contributed by atoms with Crippen LogP contribution in [-0.2, 0) is 19.1 Å². The van der Waals surface area contributed by atoms with Crippen LogP contribution in [0.5, 0.6) is 5.75 Å². The molecule has 1 aliphatic rings. The van der Waals surface area contributed by atoms with Gasteiger partial charge in [0.25, 0.3) is 0 Å². The molecular weight excluding hydrogens is 462 g/mol. The van der Waals surface area contributed by atoms with E-state index in [-0.39, 0.29) is 30.7 Å². The Morgan fingerprint density at radius 1 is 1.19 bits per heavy atom. The normalized spacial score (nSPS) is 13.9. The van der Waals surface area contributed by atoms with E-state index in [1.54, 1.807) is 24.5 Å². The largest absolute Gasteiger partial charge is 0.491 e. The summed E-state index contributed by atoms with van der Waals surface area (Å²) >= 11 is 0. The first kappa shape index (κ1) is 26.2. The number of aromatic nitrogens is 1. The monoisotopic (exact) mass is 491 g/mol. The molecule has 1 aromatic carbocycles. The van der Waals surface area contributed by atoms with Gasteiger partial charge in [-0.2, -0.15) is 5.26 Å². The molecule has 2 heterocycles. The second-order valence-electron chi connectivity index (χ2n) is 8.20. The van der Waals surface area contributed by atoms with Crippen molar-refractivity contribution in [1.29, 1.82) is 5.26 Å². The fourth-order valence-corrected chi connectivity index (χ4v) is 3.88. The molecule has 2 N–H and O–H groups in total. The van der Waals surface area contributed by atoms with Gasteiger partial charge in [0.05, 0.1) is 25.3 Å². The molecule has 2 aromatic rings. The highest BCUT2D eigenvalue weighted by Gasteiger charge is 2.25. The zero-order valence-corrected chi connectivity index (χ0v) is 20.3. The number of amides is 2. The van der Waals surface area contributed by atoms with Gasteiger partial charge in [-0.15, -0.1) is 0 Å². The fourth-order valence-electron chi connectivity index (χ4n) is 3.88. The highest BCUT2D eigenvalue weighted by atomic mass is 16.5. The highest BCUT2D eigenvalue weighted by molar-refractivity contribution is 5.97. The lowest BCUT2D eigenvalue weighted by atomic mass is 9.95. The Morgan fingerprint density at radius 2 is 1.92 bits per heavy atom. The number of carbonyl (C=O) groups is 3. The minimum absolute atomic E-state index is 0.0162. The molecule has 0 spiro atoms. The number of nitrogens with zero attached hydrogens (tertiary/aromatic N) is 3. The van der Waals surface area contributed by atoms with E-state index in [0.717, 1.165) is 31.6 Å². The van der Waals surface area contributed by atoms with Crippen LogP contribution in [0.2, 0.25) is 0 Å². The Labute approximate surface area is 209 Å². The molecule has 10 nitrogen and oxygen atoms in total. The van der Waals surface area contributed by atoms with Crippen LogP contribution in [-0.4, -0.2) is 56.1 Å². The number of rotatable bonds is 9. The Kier molecular flexibility index (Phi) is 9.40. The van der Waals surface area contributed by atoms with Gasteiger partial charge in [-0.3, -0.25) is 14.6 Å². The maximum Gasteiger partial charge on any atom is 0.354 e. The van der Waals surface area contributed by atoms with E-state index in [9.17, 15) is 19.6 Å². The smallest absolute Gasteiger partial charge is 0.354 e. The van der Waals surface area contributed by atoms with Gasteiger partial charge in [0.1, 0.15) is 18.1 Å². The van der Waals surface area contributed by atoms with Crippen LogP contribution in [0.3, 0.4) is 0 Å². The van der Waals surface area contributed by atoms with Gasteiger partial charge in [-0.25, -0.2) is 4.79 Å². The summed E-state index contributed by atoms with van der Waals surface area (Å²) in [6.07, 6.45) is 6.45. The average Bonchev–Trinajstić information content (AvgIpc) is 2.91. The van der Waals surface area contributed by atoms with Crippen molar-refractivity contribution in [2.24, 2.45) is 5.92 Å². The van der Waals surface area contributed by atoms with Gasteiger partial charge < -0.3 is 25.0 Å². The van der Waals surface area contributed by atoms with Crippen LogP contribution >= 0.6 is 0 Å². The summed E-state index contributed by atoms with van der Waals surface area (Å²) < 4.78 is 10.5. The molecule has 0 bridgehead atoms. The Hall–Kier alpha value is -4.39. The molecular formula is C26H29N5O5. The van der Waals surface area contributed by atoms with Crippen LogP contribution in [0.15, 0.2) is 48.4 Å². The second-order valence-corrected chi connectivity index (χ2v) is 8.20. The number of nitrogens with one attached hydrogen (secondary N) is 2. The standard InChI is InChI=1S/C26H29N5O5/c1-18(32)30-23(26(34)35-2)16-21-4-3-19(17-27)15-24(21)36-14-11-29-25(33)20-7-12-31(13-8-20)22-5-9-28-10-6-22/h3-6,9-10,15-16,20H,7-8,11-14H2,1-2H3,(H,29,33)(H,30,32)/b23-16-. The highest BCUT2D eigenvalue weighted by Crippen LogP contribution is 2.24. The lowest BCUT2D eigenvalue weighted by Gasteiger charge is -2.32. The van der Waals surface area contributed by atoms with Crippen LogP contribution in [0.1, 0.15) is 30.9 Å². The van der Waals surface area contributed by atoms with Crippen molar-refractivity contribution in [3.8, 4) is 11.8 Å². The Morgan fingerprint density at radius 3 is 2.56 bits per heavy atom. The molecule has 1 aromatic heterocycles. The molecule has 2 amide bonds. The number of nitriles is 1. The van der Waals surface area contributed by atoms with Crippen LogP contribution in [0.4, 0.5) is 5.69 Å². The second kappa shape index (κ2) is 12.9. The van der Waals surface area contributed by atoms with Crippen molar-refractivity contribution in [3.05, 3.63) is 59.5 Å². The number of ether oxygens (including phenoxy) is 2. The molecule has 188 valence electrons. The molecule has 3 rings (SSSR count). The summed E-state index contributed by atoms with van der Waals surface area (Å²) in [4.78, 5) is 42.4. The van der Waals surface area contributed by atoms with E-state index < -0.39 is 11.9 Å². The number of methoxy groups -OCH3 is 1. The molecule has 0 unspecified atom stereocenters. The lowest BCUT2D eigenvalue weighted by Crippen LogP contribution is -2.41. The third-order valence-corrected chi connectivity index (χ3v) is 5.71. The van der Waals surface area contributed by atoms with E-state index in [1.807, 2.05) is 18.2 Å². The van der Waals surface area contributed by atoms with Crippen molar-refractivity contribution in [2.75, 3.05) is 38.3 Å². The molecule has 1 saturated heterocycles. The molecule has 36 heavy (non-hydrogen) atoms. The number of esters is 1. The van der Waals surface area contributed by atoms with Crippen LogP contribution in [0.25, 0.3) is 6.08 Å². The summed E-state index contributed by atoms with van der Waals surface area (Å²) in [7, 11) is 1.21. The van der Waals surface area contributed by atoms with Gasteiger partial charge in [0, 0.05) is 49.6 Å². The molecule has 1 fully saturated rings. The number of anilines is 1. The Balaban J connectivity index is 1.56. The first-order valence-corrected chi connectivity index (χ1v) is 11.6. The number of benzene rings is 1. The summed E-state index contributed by atoms with van der Waals surface area (Å²) in [6.45, 7) is 3.31. The summed E-state index contributed by atoms with van der Waals surface area (Å²) in [5.41, 5.74) is 1.88. The average molecular weight is 492 g/mol. The number of pyridine rings is 1. The van der Waals surface area contributed by atoms with Crippen molar-refractivity contribution in [2.45, 2.75) is 19.8 Å². The van der Waals surface area contributed by atoms with Crippen LogP contribution in [0, 0.1) is 17.2 Å². The topological polar surface area (TPSA) is 134 Å². The predicted molar refractivity (Wildman–Crippen MR) is 133 cm³/mol. The van der Waals surface area contributed by atoms with Gasteiger partial charge in [-0.05, 0) is 49.2 Å². The van der Waals surface area contributed by atoms with Crippen LogP contribution < -0.4 is 20.3 Å². The van der Waals surface area contributed by atoms with Gasteiger partial charge in [0.2, 0.25) is 11.8 Å².